The number of likely N-dealkylation sites (N-methyl/N-ethyl adjacent to an activating group) is 1. The molecule has 0 aromatic carbocycles. The molecule has 0 aromatic rings. The van der Waals surface area contributed by atoms with E-state index in [1.54, 1.807) is 0 Å². The Hall–Kier alpha value is -0.120. The quantitative estimate of drug-likeness (QED) is 0.753. The second-order valence-corrected chi connectivity index (χ2v) is 5.32. The predicted molar refractivity (Wildman–Crippen MR) is 66.5 cm³/mol. The van der Waals surface area contributed by atoms with Crippen molar-refractivity contribution in [2.45, 2.75) is 39.2 Å². The zero-order chi connectivity index (χ0) is 12.0. The van der Waals surface area contributed by atoms with E-state index in [0.717, 1.165) is 25.7 Å². The number of aliphatic hydroxyl groups is 1. The Labute approximate surface area is 99.8 Å². The molecule has 3 heteroatoms. The lowest BCUT2D eigenvalue weighted by molar-refractivity contribution is 0.0539. The van der Waals surface area contributed by atoms with Crippen LogP contribution < -0.4 is 0 Å². The zero-order valence-corrected chi connectivity index (χ0v) is 11.0. The highest BCUT2D eigenvalue weighted by molar-refractivity contribution is 4.73. The van der Waals surface area contributed by atoms with Crippen LogP contribution in [0.5, 0.6) is 0 Å². The molecular weight excluding hydrogens is 202 g/mol. The third-order valence-electron chi connectivity index (χ3n) is 3.75. The molecule has 0 spiro atoms. The summed E-state index contributed by atoms with van der Waals surface area (Å²) in [6.45, 7) is 7.57. The Kier molecular flexibility index (Phi) is 6.32. The maximum Gasteiger partial charge on any atom is 0.0589 e. The van der Waals surface area contributed by atoms with Gasteiger partial charge in [-0.3, -0.25) is 0 Å². The van der Waals surface area contributed by atoms with E-state index in [1.165, 1.54) is 19.3 Å². The average molecular weight is 229 g/mol. The fraction of sp³-hybridized carbons (Fsp3) is 1.00. The molecule has 96 valence electrons. The number of hydrogen-bond acceptors (Lipinski definition) is 3. The first kappa shape index (κ1) is 13.9. The molecule has 1 unspecified atom stereocenters. The van der Waals surface area contributed by atoms with Gasteiger partial charge in [0.2, 0.25) is 0 Å². The Bertz CT molecular complexity index is 179. The first-order valence-corrected chi connectivity index (χ1v) is 6.54. The highest BCUT2D eigenvalue weighted by Crippen LogP contribution is 2.19. The maximum absolute atomic E-state index is 9.34. The van der Waals surface area contributed by atoms with Crippen LogP contribution in [-0.2, 0) is 4.74 Å². The molecule has 1 fully saturated rings. The second kappa shape index (κ2) is 7.25. The smallest absolute Gasteiger partial charge is 0.0589 e. The number of hydrogen-bond donors (Lipinski definition) is 1. The highest BCUT2D eigenvalue weighted by Gasteiger charge is 2.19. The lowest BCUT2D eigenvalue weighted by Crippen LogP contribution is -2.40. The third-order valence-corrected chi connectivity index (χ3v) is 3.75. The molecule has 0 aliphatic carbocycles. The lowest BCUT2D eigenvalue weighted by atomic mass is 9.95. The molecule has 0 amide bonds. The minimum absolute atomic E-state index is 0.266. The molecule has 1 saturated heterocycles. The number of ether oxygens (including phenoxy) is 1. The van der Waals surface area contributed by atoms with Crippen molar-refractivity contribution in [2.24, 2.45) is 11.8 Å². The average Bonchev–Trinajstić information content (AvgIpc) is 2.28. The number of aliphatic hydroxyl groups excluding tert-OH is 1. The van der Waals surface area contributed by atoms with Gasteiger partial charge >= 0.3 is 0 Å². The van der Waals surface area contributed by atoms with Crippen LogP contribution in [0.4, 0.5) is 0 Å². The summed E-state index contributed by atoms with van der Waals surface area (Å²) in [7, 11) is 2.13. The van der Waals surface area contributed by atoms with Gasteiger partial charge in [-0.25, -0.2) is 0 Å². The van der Waals surface area contributed by atoms with Crippen LogP contribution in [0.2, 0.25) is 0 Å². The SMILES string of the molecule is CC(C)C(CO)N(C)CCC1CCOCC1. The third kappa shape index (κ3) is 4.40. The van der Waals surface area contributed by atoms with Gasteiger partial charge in [-0.1, -0.05) is 13.8 Å². The van der Waals surface area contributed by atoms with Crippen LogP contribution in [0.25, 0.3) is 0 Å². The van der Waals surface area contributed by atoms with Crippen molar-refractivity contribution in [1.82, 2.24) is 4.90 Å². The summed E-state index contributed by atoms with van der Waals surface area (Å²) in [5, 5.41) is 9.34. The van der Waals surface area contributed by atoms with Crippen LogP contribution in [0.1, 0.15) is 33.1 Å². The van der Waals surface area contributed by atoms with E-state index < -0.39 is 0 Å². The summed E-state index contributed by atoms with van der Waals surface area (Å²) in [6.07, 6.45) is 3.65. The fourth-order valence-electron chi connectivity index (χ4n) is 2.45. The van der Waals surface area contributed by atoms with Gasteiger partial charge in [0.1, 0.15) is 0 Å². The van der Waals surface area contributed by atoms with Gasteiger partial charge in [-0.05, 0) is 44.7 Å². The van der Waals surface area contributed by atoms with Gasteiger partial charge in [0.05, 0.1) is 6.61 Å². The lowest BCUT2D eigenvalue weighted by Gasteiger charge is -2.31. The molecule has 0 saturated carbocycles. The molecule has 1 atom stereocenters. The largest absolute Gasteiger partial charge is 0.395 e. The molecule has 16 heavy (non-hydrogen) atoms. The van der Waals surface area contributed by atoms with Crippen LogP contribution in [0.3, 0.4) is 0 Å². The molecule has 0 radical (unpaired) electrons. The molecule has 1 aliphatic heterocycles. The van der Waals surface area contributed by atoms with Crippen LogP contribution in [-0.4, -0.2) is 49.5 Å². The van der Waals surface area contributed by atoms with Crippen LogP contribution >= 0.6 is 0 Å². The molecule has 1 rings (SSSR count). The van der Waals surface area contributed by atoms with Crippen LogP contribution in [0.15, 0.2) is 0 Å². The van der Waals surface area contributed by atoms with Crippen LogP contribution in [0, 0.1) is 11.8 Å². The number of rotatable bonds is 6. The van der Waals surface area contributed by atoms with Crippen molar-refractivity contribution < 1.29 is 9.84 Å². The summed E-state index contributed by atoms with van der Waals surface area (Å²) in [5.74, 6) is 1.34. The molecular formula is C13H27NO2. The van der Waals surface area contributed by atoms with E-state index in [9.17, 15) is 5.11 Å². The van der Waals surface area contributed by atoms with E-state index in [2.05, 4.69) is 25.8 Å². The van der Waals surface area contributed by atoms with E-state index in [-0.39, 0.29) is 6.61 Å². The van der Waals surface area contributed by atoms with Gasteiger partial charge < -0.3 is 14.7 Å². The number of nitrogens with zero attached hydrogens (tertiary/aromatic N) is 1. The Morgan fingerprint density at radius 2 is 1.94 bits per heavy atom. The van der Waals surface area contributed by atoms with E-state index >= 15 is 0 Å². The van der Waals surface area contributed by atoms with Gasteiger partial charge in [-0.15, -0.1) is 0 Å². The van der Waals surface area contributed by atoms with Crippen molar-refractivity contribution in [3.8, 4) is 0 Å². The molecule has 1 heterocycles. The summed E-state index contributed by atoms with van der Waals surface area (Å²) in [4.78, 5) is 2.31. The topological polar surface area (TPSA) is 32.7 Å². The molecule has 1 aliphatic rings. The molecule has 1 N–H and O–H groups in total. The van der Waals surface area contributed by atoms with Crippen molar-refractivity contribution in [3.63, 3.8) is 0 Å². The summed E-state index contributed by atoms with van der Waals surface area (Å²) in [5.41, 5.74) is 0. The summed E-state index contributed by atoms with van der Waals surface area (Å²) >= 11 is 0. The standard InChI is InChI=1S/C13H27NO2/c1-11(2)13(10-15)14(3)7-4-12-5-8-16-9-6-12/h11-13,15H,4-10H2,1-3H3. The monoisotopic (exact) mass is 229 g/mol. The zero-order valence-electron chi connectivity index (χ0n) is 11.0. The first-order chi connectivity index (χ1) is 7.65. The second-order valence-electron chi connectivity index (χ2n) is 5.32. The van der Waals surface area contributed by atoms with Crippen molar-refractivity contribution in [3.05, 3.63) is 0 Å². The van der Waals surface area contributed by atoms with Crippen molar-refractivity contribution >= 4 is 0 Å². The predicted octanol–water partition coefficient (Wildman–Crippen LogP) is 1.75. The fourth-order valence-corrected chi connectivity index (χ4v) is 2.45. The normalized spacial score (nSPS) is 20.6. The van der Waals surface area contributed by atoms with E-state index in [0.29, 0.717) is 12.0 Å². The van der Waals surface area contributed by atoms with Gasteiger partial charge in [0.25, 0.3) is 0 Å². The van der Waals surface area contributed by atoms with Crippen molar-refractivity contribution in [2.75, 3.05) is 33.4 Å². The minimum Gasteiger partial charge on any atom is -0.395 e. The van der Waals surface area contributed by atoms with Crippen molar-refractivity contribution in [1.29, 1.82) is 0 Å². The van der Waals surface area contributed by atoms with Gasteiger partial charge in [-0.2, -0.15) is 0 Å². The summed E-state index contributed by atoms with van der Waals surface area (Å²) < 4.78 is 5.36. The Balaban J connectivity index is 2.24. The first-order valence-electron chi connectivity index (χ1n) is 6.54. The van der Waals surface area contributed by atoms with Gasteiger partial charge in [0.15, 0.2) is 0 Å². The minimum atomic E-state index is 0.266. The molecule has 3 nitrogen and oxygen atoms in total. The van der Waals surface area contributed by atoms with E-state index in [4.69, 9.17) is 4.74 Å². The summed E-state index contributed by atoms with van der Waals surface area (Å²) in [6, 6.07) is 0.305. The molecule has 0 aromatic heterocycles. The molecule has 0 bridgehead atoms. The highest BCUT2D eigenvalue weighted by atomic mass is 16.5. The Morgan fingerprint density at radius 1 is 1.31 bits per heavy atom. The Morgan fingerprint density at radius 3 is 2.44 bits per heavy atom. The maximum atomic E-state index is 9.34. The van der Waals surface area contributed by atoms with E-state index in [1.807, 2.05) is 0 Å². The van der Waals surface area contributed by atoms with Gasteiger partial charge in [0, 0.05) is 19.3 Å².